The normalized spacial score (nSPS) is 45.4. The van der Waals surface area contributed by atoms with Gasteiger partial charge in [0, 0.05) is 22.9 Å². The number of aliphatic carboxylic acids is 2. The number of ether oxygens (including phenoxy) is 1. The summed E-state index contributed by atoms with van der Waals surface area (Å²) in [5.41, 5.74) is 0.890. The molecule has 0 heterocycles. The van der Waals surface area contributed by atoms with E-state index >= 15 is 0 Å². The first-order valence-electron chi connectivity index (χ1n) is 15.4. The molecule has 5 aliphatic carbocycles. The fourth-order valence-electron chi connectivity index (χ4n) is 11.0. The van der Waals surface area contributed by atoms with Gasteiger partial charge in [-0.1, -0.05) is 60.1 Å². The van der Waals surface area contributed by atoms with E-state index in [1.807, 2.05) is 6.92 Å². The van der Waals surface area contributed by atoms with Gasteiger partial charge in [-0.05, 0) is 110 Å². The number of rotatable bonds is 4. The molecule has 0 bridgehead atoms. The largest absolute Gasteiger partial charge is 1.00 e. The predicted molar refractivity (Wildman–Crippen MR) is 148 cm³/mol. The standard InChI is InChI=1S/C34H50O6.2Na/c1-29(2)23-12-15-34(7)24(32(23,5)14-13-25(29)40-27(37)11-10-26(35)36)9-8-21-22-20-31(4,28(38)39)17-16-30(22,3)18-19-33(21,34)6;;/h8,10-11,22-25H,9,12-20H2,1-7H3,(H,35,36)(H,38,39);;/q;2*+1/p-2/b11-10+;;/t22-,23?,24?,25+,30-,31-,32+,33-,34-;;/m1../s1. The van der Waals surface area contributed by atoms with Gasteiger partial charge in [-0.15, -0.1) is 0 Å². The van der Waals surface area contributed by atoms with Crippen molar-refractivity contribution in [3.8, 4) is 0 Å². The van der Waals surface area contributed by atoms with Gasteiger partial charge in [-0.25, -0.2) is 4.79 Å². The van der Waals surface area contributed by atoms with Crippen molar-refractivity contribution in [2.24, 2.45) is 50.2 Å². The van der Waals surface area contributed by atoms with Crippen LogP contribution in [0.25, 0.3) is 0 Å². The minimum absolute atomic E-state index is 0. The summed E-state index contributed by atoms with van der Waals surface area (Å²) in [6, 6.07) is 0. The number of fused-ring (bicyclic) bond motifs is 7. The van der Waals surface area contributed by atoms with Crippen LogP contribution in [0.1, 0.15) is 113 Å². The Bertz CT molecular complexity index is 1180. The minimum Gasteiger partial charge on any atom is -0.550 e. The van der Waals surface area contributed by atoms with Crippen LogP contribution in [0.15, 0.2) is 23.8 Å². The number of esters is 1. The molecule has 0 aromatic heterocycles. The molecule has 0 spiro atoms. The molecule has 0 N–H and O–H groups in total. The number of carbonyl (C=O) groups excluding carboxylic acids is 3. The molecule has 42 heavy (non-hydrogen) atoms. The van der Waals surface area contributed by atoms with Crippen molar-refractivity contribution >= 4 is 17.9 Å². The molecule has 5 rings (SSSR count). The predicted octanol–water partition coefficient (Wildman–Crippen LogP) is -1.24. The Kier molecular flexibility index (Phi) is 10.3. The van der Waals surface area contributed by atoms with Crippen LogP contribution in [-0.2, 0) is 19.1 Å². The molecular formula is C34H48Na2O6. The average molecular weight is 599 g/mol. The summed E-state index contributed by atoms with van der Waals surface area (Å²) < 4.78 is 5.85. The zero-order valence-electron chi connectivity index (χ0n) is 27.6. The van der Waals surface area contributed by atoms with E-state index < -0.39 is 23.3 Å². The van der Waals surface area contributed by atoms with E-state index in [1.165, 1.54) is 5.57 Å². The summed E-state index contributed by atoms with van der Waals surface area (Å²) in [5, 5.41) is 23.0. The van der Waals surface area contributed by atoms with Gasteiger partial charge in [0.15, 0.2) is 0 Å². The van der Waals surface area contributed by atoms with Crippen molar-refractivity contribution in [2.75, 3.05) is 0 Å². The maximum Gasteiger partial charge on any atom is 1.00 e. The molecule has 2 unspecified atom stereocenters. The Balaban J connectivity index is 0.00000242. The molecule has 0 radical (unpaired) electrons. The molecule has 4 fully saturated rings. The third kappa shape index (κ3) is 5.38. The summed E-state index contributed by atoms with van der Waals surface area (Å²) in [7, 11) is 0. The zero-order valence-corrected chi connectivity index (χ0v) is 31.6. The molecule has 5 aliphatic rings. The van der Waals surface area contributed by atoms with Gasteiger partial charge in [-0.3, -0.25) is 0 Å². The second-order valence-electron chi connectivity index (χ2n) is 16.0. The van der Waals surface area contributed by atoms with Gasteiger partial charge in [0.1, 0.15) is 6.10 Å². The van der Waals surface area contributed by atoms with Crippen LogP contribution in [-0.4, -0.2) is 24.0 Å². The minimum atomic E-state index is -1.40. The van der Waals surface area contributed by atoms with Gasteiger partial charge in [0.05, 0.1) is 5.97 Å². The summed E-state index contributed by atoms with van der Waals surface area (Å²) in [6.07, 6.45) is 13.5. The summed E-state index contributed by atoms with van der Waals surface area (Å²) in [6.45, 7) is 16.2. The van der Waals surface area contributed by atoms with Crippen LogP contribution in [0.4, 0.5) is 0 Å². The fourth-order valence-corrected chi connectivity index (χ4v) is 11.0. The van der Waals surface area contributed by atoms with Crippen molar-refractivity contribution in [2.45, 2.75) is 119 Å². The number of allylic oxidation sites excluding steroid dienone is 2. The van der Waals surface area contributed by atoms with E-state index in [0.717, 1.165) is 63.5 Å². The van der Waals surface area contributed by atoms with Gasteiger partial charge in [0.2, 0.25) is 0 Å². The van der Waals surface area contributed by atoms with Crippen LogP contribution >= 0.6 is 0 Å². The molecule has 8 heteroatoms. The quantitative estimate of drug-likeness (QED) is 0.174. The van der Waals surface area contributed by atoms with Crippen molar-refractivity contribution in [1.29, 1.82) is 0 Å². The third-order valence-electron chi connectivity index (χ3n) is 13.9. The number of carboxylic acids is 2. The van der Waals surface area contributed by atoms with Crippen LogP contribution in [0.5, 0.6) is 0 Å². The van der Waals surface area contributed by atoms with E-state index in [4.69, 9.17) is 4.74 Å². The molecule has 9 atom stereocenters. The Morgan fingerprint density at radius 2 is 1.48 bits per heavy atom. The molecule has 0 aliphatic heterocycles. The molecule has 4 saturated carbocycles. The van der Waals surface area contributed by atoms with Crippen molar-refractivity contribution in [3.05, 3.63) is 23.8 Å². The van der Waals surface area contributed by atoms with Crippen LogP contribution in [0.3, 0.4) is 0 Å². The number of hydrogen-bond acceptors (Lipinski definition) is 6. The van der Waals surface area contributed by atoms with E-state index in [-0.39, 0.29) is 98.2 Å². The molecule has 0 amide bonds. The van der Waals surface area contributed by atoms with Gasteiger partial charge < -0.3 is 24.5 Å². The zero-order chi connectivity index (χ0) is 29.5. The summed E-state index contributed by atoms with van der Waals surface area (Å²) in [5.74, 6) is -1.78. The Morgan fingerprint density at radius 3 is 2.10 bits per heavy atom. The Morgan fingerprint density at radius 1 is 0.833 bits per heavy atom. The fraction of sp³-hybridized carbons (Fsp3) is 0.794. The second kappa shape index (κ2) is 11.9. The van der Waals surface area contributed by atoms with Crippen LogP contribution < -0.4 is 69.3 Å². The van der Waals surface area contributed by atoms with Crippen LogP contribution in [0.2, 0.25) is 0 Å². The summed E-state index contributed by atoms with van der Waals surface area (Å²) >= 11 is 0. The Hall–Kier alpha value is -0.110. The van der Waals surface area contributed by atoms with E-state index in [0.29, 0.717) is 24.7 Å². The first kappa shape index (κ1) is 36.4. The SMILES string of the molecule is CC1(C)C2CC[C@]3(C)C(CC=C4[C@H]5C[C@](C)(C(=O)[O-])CC[C@]5(C)CC[C@]43C)[C@@]2(C)CC[C@@H]1OC(=O)/C=C/C(=O)[O-].[Na+].[Na+]. The number of hydrogen-bond donors (Lipinski definition) is 0. The Labute approximate surface area is 296 Å². The molecule has 6 nitrogen and oxygen atoms in total. The van der Waals surface area contributed by atoms with Crippen molar-refractivity contribution in [3.63, 3.8) is 0 Å². The topological polar surface area (TPSA) is 107 Å². The molecule has 0 aromatic carbocycles. The van der Waals surface area contributed by atoms with Gasteiger partial charge >= 0.3 is 65.1 Å². The maximum absolute atomic E-state index is 12.4. The monoisotopic (exact) mass is 598 g/mol. The molecule has 0 aromatic rings. The number of carboxylic acid groups (broad SMARTS) is 2. The van der Waals surface area contributed by atoms with E-state index in [2.05, 4.69) is 47.6 Å². The second-order valence-corrected chi connectivity index (χ2v) is 16.0. The molecular weight excluding hydrogens is 550 g/mol. The first-order valence-corrected chi connectivity index (χ1v) is 15.4. The van der Waals surface area contributed by atoms with Gasteiger partial charge in [-0.2, -0.15) is 0 Å². The van der Waals surface area contributed by atoms with Crippen molar-refractivity contribution in [1.82, 2.24) is 0 Å². The van der Waals surface area contributed by atoms with E-state index in [9.17, 15) is 24.6 Å². The van der Waals surface area contributed by atoms with Crippen molar-refractivity contribution < 1.29 is 88.4 Å². The number of carbonyl (C=O) groups is 3. The van der Waals surface area contributed by atoms with E-state index in [1.54, 1.807) is 0 Å². The first-order chi connectivity index (χ1) is 18.4. The van der Waals surface area contributed by atoms with Crippen LogP contribution in [0, 0.1) is 50.2 Å². The third-order valence-corrected chi connectivity index (χ3v) is 13.9. The molecule has 0 saturated heterocycles. The summed E-state index contributed by atoms with van der Waals surface area (Å²) in [4.78, 5) is 35.4. The van der Waals surface area contributed by atoms with Gasteiger partial charge in [0.25, 0.3) is 0 Å². The average Bonchev–Trinajstić information content (AvgIpc) is 2.86. The smallest absolute Gasteiger partial charge is 0.550 e. The maximum atomic E-state index is 12.4. The molecule has 222 valence electrons.